The number of alkyl halides is 3. The molecule has 0 saturated carbocycles. The van der Waals surface area contributed by atoms with Crippen LogP contribution in [0.3, 0.4) is 0 Å². The summed E-state index contributed by atoms with van der Waals surface area (Å²) in [4.78, 5) is 13.7. The van der Waals surface area contributed by atoms with Gasteiger partial charge in [-0.3, -0.25) is 9.69 Å². The molecule has 0 heterocycles. The maximum absolute atomic E-state index is 13.4. The Morgan fingerprint density at radius 2 is 1.69 bits per heavy atom. The number of hydrogen-bond donors (Lipinski definition) is 1. The molecule has 39 heavy (non-hydrogen) atoms. The van der Waals surface area contributed by atoms with Gasteiger partial charge in [0.2, 0.25) is 0 Å². The van der Waals surface area contributed by atoms with Gasteiger partial charge in [0.25, 0.3) is 0 Å². The highest BCUT2D eigenvalue weighted by Crippen LogP contribution is 2.36. The second-order valence-electron chi connectivity index (χ2n) is 9.98. The van der Waals surface area contributed by atoms with Gasteiger partial charge in [-0.05, 0) is 61.1 Å². The lowest BCUT2D eigenvalue weighted by atomic mass is 9.85. The van der Waals surface area contributed by atoms with Gasteiger partial charge in [0.1, 0.15) is 5.75 Å². The molecule has 0 aliphatic heterocycles. The van der Waals surface area contributed by atoms with Crippen LogP contribution >= 0.6 is 24.0 Å². The third-order valence-corrected chi connectivity index (χ3v) is 7.10. The number of ether oxygens (including phenoxy) is 1. The van der Waals surface area contributed by atoms with Crippen LogP contribution in [-0.4, -0.2) is 35.7 Å². The number of carbonyl (C=O) groups is 1. The Kier molecular flexibility index (Phi) is 11.7. The minimum absolute atomic E-state index is 0. The third-order valence-electron chi connectivity index (χ3n) is 6.66. The van der Waals surface area contributed by atoms with Crippen LogP contribution in [0.4, 0.5) is 13.2 Å². The fourth-order valence-corrected chi connectivity index (χ4v) is 4.54. The second kappa shape index (κ2) is 14.1. The maximum atomic E-state index is 13.4. The van der Waals surface area contributed by atoms with Crippen LogP contribution in [0.2, 0.25) is 5.02 Å². The van der Waals surface area contributed by atoms with E-state index < -0.39 is 23.1 Å². The van der Waals surface area contributed by atoms with Crippen molar-refractivity contribution < 1.29 is 27.8 Å². The van der Waals surface area contributed by atoms with E-state index in [2.05, 4.69) is 11.8 Å². The Labute approximate surface area is 239 Å². The predicted octanol–water partition coefficient (Wildman–Crippen LogP) is 8.22. The molecule has 212 valence electrons. The van der Waals surface area contributed by atoms with Crippen molar-refractivity contribution >= 4 is 30.0 Å². The summed E-state index contributed by atoms with van der Waals surface area (Å²) >= 11 is 6.19. The highest BCUT2D eigenvalue weighted by atomic mass is 35.5. The first-order chi connectivity index (χ1) is 17.9. The van der Waals surface area contributed by atoms with E-state index in [0.29, 0.717) is 43.0 Å². The van der Waals surface area contributed by atoms with Crippen molar-refractivity contribution in [2.45, 2.75) is 51.2 Å². The van der Waals surface area contributed by atoms with E-state index in [1.807, 2.05) is 30.3 Å². The van der Waals surface area contributed by atoms with Gasteiger partial charge in [-0.1, -0.05) is 73.1 Å². The molecule has 0 radical (unpaired) electrons. The second-order valence-corrected chi connectivity index (χ2v) is 10.4. The lowest BCUT2D eigenvalue weighted by molar-refractivity contribution is -0.142. The molecule has 0 bridgehead atoms. The predicted molar refractivity (Wildman–Crippen MR) is 151 cm³/mol. The summed E-state index contributed by atoms with van der Waals surface area (Å²) in [5, 5.41) is 9.23. The molecule has 0 unspecified atom stereocenters. The zero-order valence-corrected chi connectivity index (χ0v) is 23.7. The quantitative estimate of drug-likeness (QED) is 0.218. The molecule has 0 aromatic heterocycles. The molecule has 0 spiro atoms. The van der Waals surface area contributed by atoms with Crippen molar-refractivity contribution in [2.75, 3.05) is 19.7 Å². The lowest BCUT2D eigenvalue weighted by Gasteiger charge is -2.27. The molecule has 0 amide bonds. The summed E-state index contributed by atoms with van der Waals surface area (Å²) < 4.78 is 46.1. The molecule has 1 N–H and O–H groups in total. The normalized spacial score (nSPS) is 12.6. The summed E-state index contributed by atoms with van der Waals surface area (Å²) in [5.74, 6) is -0.204. The van der Waals surface area contributed by atoms with Crippen molar-refractivity contribution in [1.29, 1.82) is 0 Å². The van der Waals surface area contributed by atoms with Crippen LogP contribution in [0.15, 0.2) is 72.8 Å². The maximum Gasteiger partial charge on any atom is 0.417 e. The van der Waals surface area contributed by atoms with Crippen LogP contribution in [0.1, 0.15) is 55.4 Å². The van der Waals surface area contributed by atoms with Gasteiger partial charge in [0, 0.05) is 19.6 Å². The van der Waals surface area contributed by atoms with Gasteiger partial charge in [-0.25, -0.2) is 0 Å². The minimum atomic E-state index is -4.52. The van der Waals surface area contributed by atoms with E-state index in [4.69, 9.17) is 16.3 Å². The molecule has 3 aromatic rings. The molecular weight excluding hydrogens is 550 g/mol. The standard InChI is InChI=1S/C30H33ClF3NO3.ClH/c1-21(22-10-5-4-6-11-22)19-35(20-23-12-7-15-26(27(23)31)30(32,33)34)16-9-17-38-25-14-8-13-24(18-25)29(2,3)28(36)37;/h4-8,10-15,18,21H,9,16-17,19-20H2,1-3H3,(H,36,37);1H/t21-;/m0./s1. The molecule has 9 heteroatoms. The monoisotopic (exact) mass is 583 g/mol. The first-order valence-corrected chi connectivity index (χ1v) is 12.9. The zero-order valence-electron chi connectivity index (χ0n) is 22.2. The number of rotatable bonds is 12. The number of nitrogens with zero attached hydrogens (tertiary/aromatic N) is 1. The van der Waals surface area contributed by atoms with E-state index in [-0.39, 0.29) is 29.9 Å². The molecule has 0 fully saturated rings. The molecule has 0 aliphatic rings. The Morgan fingerprint density at radius 3 is 2.33 bits per heavy atom. The molecular formula is C30H34Cl2F3NO3. The van der Waals surface area contributed by atoms with Crippen molar-refractivity contribution in [3.63, 3.8) is 0 Å². The topological polar surface area (TPSA) is 49.8 Å². The average Bonchev–Trinajstić information content (AvgIpc) is 2.87. The zero-order chi connectivity index (χ0) is 27.9. The van der Waals surface area contributed by atoms with Crippen LogP contribution in [0, 0.1) is 0 Å². The van der Waals surface area contributed by atoms with Gasteiger partial charge in [0.15, 0.2) is 0 Å². The van der Waals surface area contributed by atoms with E-state index >= 15 is 0 Å². The van der Waals surface area contributed by atoms with E-state index in [0.717, 1.165) is 11.6 Å². The Balaban J connectivity index is 0.00000533. The Morgan fingerprint density at radius 1 is 1.03 bits per heavy atom. The number of benzene rings is 3. The van der Waals surface area contributed by atoms with Crippen LogP contribution in [0.25, 0.3) is 0 Å². The summed E-state index contributed by atoms with van der Waals surface area (Å²) in [6.07, 6.45) is -3.91. The summed E-state index contributed by atoms with van der Waals surface area (Å²) in [6, 6.07) is 21.0. The van der Waals surface area contributed by atoms with E-state index in [1.54, 1.807) is 44.2 Å². The van der Waals surface area contributed by atoms with Crippen LogP contribution in [-0.2, 0) is 22.9 Å². The van der Waals surface area contributed by atoms with Crippen molar-refractivity contribution in [3.8, 4) is 5.75 Å². The summed E-state index contributed by atoms with van der Waals surface area (Å²) in [5.41, 5.74) is 0.321. The Hall–Kier alpha value is -2.74. The molecule has 3 aromatic carbocycles. The smallest absolute Gasteiger partial charge is 0.417 e. The number of hydrogen-bond acceptors (Lipinski definition) is 3. The fraction of sp³-hybridized carbons (Fsp3) is 0.367. The molecule has 0 saturated heterocycles. The van der Waals surface area contributed by atoms with Crippen molar-refractivity contribution in [3.05, 3.63) is 100 Å². The SMILES string of the molecule is C[C@@H](CN(CCCOc1cccc(C(C)(C)C(=O)O)c1)Cc1cccc(C(F)(F)F)c1Cl)c1ccccc1.Cl. The van der Waals surface area contributed by atoms with E-state index in [9.17, 15) is 23.1 Å². The van der Waals surface area contributed by atoms with Crippen LogP contribution < -0.4 is 4.74 Å². The van der Waals surface area contributed by atoms with Gasteiger partial charge < -0.3 is 9.84 Å². The van der Waals surface area contributed by atoms with Crippen molar-refractivity contribution in [2.24, 2.45) is 0 Å². The number of carboxylic acid groups (broad SMARTS) is 1. The lowest BCUT2D eigenvalue weighted by Crippen LogP contribution is -2.30. The molecule has 0 aliphatic carbocycles. The van der Waals surface area contributed by atoms with Gasteiger partial charge in [-0.15, -0.1) is 12.4 Å². The molecule has 1 atom stereocenters. The van der Waals surface area contributed by atoms with Crippen LogP contribution in [0.5, 0.6) is 5.75 Å². The highest BCUT2D eigenvalue weighted by molar-refractivity contribution is 6.32. The number of halogens is 5. The minimum Gasteiger partial charge on any atom is -0.494 e. The number of aliphatic carboxylic acids is 1. The molecule has 4 nitrogen and oxygen atoms in total. The van der Waals surface area contributed by atoms with Gasteiger partial charge >= 0.3 is 12.1 Å². The Bertz CT molecular complexity index is 1220. The summed E-state index contributed by atoms with van der Waals surface area (Å²) in [7, 11) is 0. The summed E-state index contributed by atoms with van der Waals surface area (Å²) in [6.45, 7) is 7.19. The first-order valence-electron chi connectivity index (χ1n) is 12.5. The first kappa shape index (κ1) is 32.5. The third kappa shape index (κ3) is 8.88. The van der Waals surface area contributed by atoms with Gasteiger partial charge in [-0.2, -0.15) is 13.2 Å². The highest BCUT2D eigenvalue weighted by Gasteiger charge is 2.34. The fourth-order valence-electron chi connectivity index (χ4n) is 4.25. The largest absolute Gasteiger partial charge is 0.494 e. The average molecular weight is 585 g/mol. The molecule has 3 rings (SSSR count). The van der Waals surface area contributed by atoms with E-state index in [1.165, 1.54) is 6.07 Å². The van der Waals surface area contributed by atoms with Gasteiger partial charge in [0.05, 0.1) is 22.6 Å². The van der Waals surface area contributed by atoms with Crippen molar-refractivity contribution in [1.82, 2.24) is 4.90 Å². The number of carboxylic acids is 1.